The first-order valence-corrected chi connectivity index (χ1v) is 5.96. The molecule has 0 aromatic rings. The number of aliphatic hydroxyl groups is 4. The van der Waals surface area contributed by atoms with Crippen molar-refractivity contribution in [1.82, 2.24) is 0 Å². The van der Waals surface area contributed by atoms with Crippen molar-refractivity contribution in [3.8, 4) is 0 Å². The predicted molar refractivity (Wildman–Crippen MR) is 63.7 cm³/mol. The number of nitrogens with two attached hydrogens (primary N) is 2. The summed E-state index contributed by atoms with van der Waals surface area (Å²) in [6.07, 6.45) is -4.47. The summed E-state index contributed by atoms with van der Waals surface area (Å²) in [6.45, 7) is -0.698. The summed E-state index contributed by atoms with van der Waals surface area (Å²) in [5.74, 6) is -3.58. The molecule has 0 aromatic carbocycles. The molecule has 18 heavy (non-hydrogen) atoms. The molecular weight excluding hydrogens is 264 g/mol. The van der Waals surface area contributed by atoms with Gasteiger partial charge in [-0.05, 0) is 0 Å². The third kappa shape index (κ3) is 2.53. The molecule has 1 saturated heterocycles. The van der Waals surface area contributed by atoms with Crippen molar-refractivity contribution in [2.45, 2.75) is 36.2 Å². The Labute approximate surface area is 109 Å². The van der Waals surface area contributed by atoms with E-state index in [1.165, 1.54) is 0 Å². The number of hydrogen-bond acceptors (Lipinski definition) is 9. The Morgan fingerprint density at radius 2 is 2.00 bits per heavy atom. The molecule has 0 spiro atoms. The second-order valence-electron chi connectivity index (χ2n) is 4.20. The van der Waals surface area contributed by atoms with Gasteiger partial charge in [0.05, 0.1) is 18.7 Å². The van der Waals surface area contributed by atoms with E-state index < -0.39 is 48.6 Å². The number of carbonyl (C=O) groups excluding carboxylic acids is 1. The zero-order chi connectivity index (χ0) is 14.1. The molecule has 0 aliphatic carbocycles. The van der Waals surface area contributed by atoms with Crippen molar-refractivity contribution < 1.29 is 30.0 Å². The number of Topliss-reactive ketones (excluding diaryl/α,β-unsaturated/α-hetero) is 1. The van der Waals surface area contributed by atoms with Crippen LogP contribution in [-0.4, -0.2) is 74.8 Å². The number of ketones is 1. The van der Waals surface area contributed by atoms with E-state index in [1.807, 2.05) is 0 Å². The molecule has 1 unspecified atom stereocenters. The van der Waals surface area contributed by atoms with E-state index in [4.69, 9.17) is 21.3 Å². The Morgan fingerprint density at radius 3 is 2.44 bits per heavy atom. The quantitative estimate of drug-likeness (QED) is 0.256. The molecule has 1 heterocycles. The first-order valence-electron chi connectivity index (χ1n) is 5.33. The molecule has 8 nitrogen and oxygen atoms in total. The summed E-state index contributed by atoms with van der Waals surface area (Å²) in [5.41, 5.74) is 10.9. The van der Waals surface area contributed by atoms with Crippen LogP contribution in [0.3, 0.4) is 0 Å². The molecule has 6 atom stereocenters. The highest BCUT2D eigenvalue weighted by atomic mass is 32.1. The average molecular weight is 282 g/mol. The Hall–Kier alpha value is -0.260. The molecule has 1 fully saturated rings. The molecular formula is C9H18N2O6S. The fourth-order valence-corrected chi connectivity index (χ4v) is 1.92. The van der Waals surface area contributed by atoms with Crippen molar-refractivity contribution in [2.75, 3.05) is 12.4 Å². The number of aliphatic hydroxyl groups excluding tert-OH is 3. The minimum atomic E-state index is -2.56. The minimum absolute atomic E-state index is 0.0559. The molecule has 0 radical (unpaired) electrons. The highest BCUT2D eigenvalue weighted by Crippen LogP contribution is 2.28. The number of rotatable bonds is 4. The van der Waals surface area contributed by atoms with Crippen molar-refractivity contribution in [3.05, 3.63) is 0 Å². The van der Waals surface area contributed by atoms with Gasteiger partial charge in [-0.3, -0.25) is 4.79 Å². The molecule has 1 aliphatic rings. The third-order valence-corrected chi connectivity index (χ3v) is 3.34. The molecule has 1 aliphatic heterocycles. The van der Waals surface area contributed by atoms with Gasteiger partial charge in [0.1, 0.15) is 18.3 Å². The summed E-state index contributed by atoms with van der Waals surface area (Å²) < 4.78 is 4.91. The smallest absolute Gasteiger partial charge is 0.246 e. The maximum absolute atomic E-state index is 11.9. The van der Waals surface area contributed by atoms with Crippen LogP contribution in [0.1, 0.15) is 0 Å². The van der Waals surface area contributed by atoms with Gasteiger partial charge in [0, 0.05) is 5.75 Å². The summed E-state index contributed by atoms with van der Waals surface area (Å²) in [4.78, 5) is 11.9. The molecule has 0 bridgehead atoms. The zero-order valence-electron chi connectivity index (χ0n) is 9.51. The van der Waals surface area contributed by atoms with E-state index >= 15 is 0 Å². The first kappa shape index (κ1) is 15.8. The highest BCUT2D eigenvalue weighted by Gasteiger charge is 2.56. The van der Waals surface area contributed by atoms with Gasteiger partial charge in [0.2, 0.25) is 11.6 Å². The lowest BCUT2D eigenvalue weighted by molar-refractivity contribution is -0.297. The van der Waals surface area contributed by atoms with Crippen LogP contribution in [0.25, 0.3) is 0 Å². The summed E-state index contributed by atoms with van der Waals surface area (Å²) in [7, 11) is 0. The van der Waals surface area contributed by atoms with E-state index in [1.54, 1.807) is 0 Å². The van der Waals surface area contributed by atoms with Gasteiger partial charge in [-0.25, -0.2) is 0 Å². The van der Waals surface area contributed by atoms with Crippen LogP contribution in [0.2, 0.25) is 0 Å². The number of carbonyl (C=O) groups is 1. The monoisotopic (exact) mass is 282 g/mol. The maximum atomic E-state index is 11.9. The zero-order valence-corrected chi connectivity index (χ0v) is 10.4. The predicted octanol–water partition coefficient (Wildman–Crippen LogP) is -4.06. The fraction of sp³-hybridized carbons (Fsp3) is 0.889. The summed E-state index contributed by atoms with van der Waals surface area (Å²) in [6, 6.07) is -2.72. The van der Waals surface area contributed by atoms with Crippen LogP contribution in [0.5, 0.6) is 0 Å². The number of thiol groups is 1. The van der Waals surface area contributed by atoms with Crippen molar-refractivity contribution in [2.24, 2.45) is 11.5 Å². The van der Waals surface area contributed by atoms with E-state index in [0.29, 0.717) is 0 Å². The Balaban J connectivity index is 3.02. The Morgan fingerprint density at radius 1 is 1.44 bits per heavy atom. The Bertz CT molecular complexity index is 317. The van der Waals surface area contributed by atoms with Crippen molar-refractivity contribution in [3.63, 3.8) is 0 Å². The van der Waals surface area contributed by atoms with Crippen LogP contribution in [0, 0.1) is 0 Å². The van der Waals surface area contributed by atoms with Crippen LogP contribution in [-0.2, 0) is 9.53 Å². The van der Waals surface area contributed by atoms with Crippen molar-refractivity contribution in [1.29, 1.82) is 0 Å². The first-order chi connectivity index (χ1) is 8.29. The fourth-order valence-electron chi connectivity index (χ4n) is 1.76. The lowest BCUT2D eigenvalue weighted by atomic mass is 9.87. The van der Waals surface area contributed by atoms with E-state index in [-0.39, 0.29) is 5.75 Å². The van der Waals surface area contributed by atoms with Crippen LogP contribution in [0.15, 0.2) is 0 Å². The second-order valence-corrected chi connectivity index (χ2v) is 4.56. The van der Waals surface area contributed by atoms with Gasteiger partial charge in [0.15, 0.2) is 0 Å². The van der Waals surface area contributed by atoms with Gasteiger partial charge < -0.3 is 36.6 Å². The summed E-state index contributed by atoms with van der Waals surface area (Å²) in [5, 5.41) is 38.3. The lowest BCUT2D eigenvalue weighted by Gasteiger charge is -2.45. The van der Waals surface area contributed by atoms with Gasteiger partial charge in [-0.15, -0.1) is 0 Å². The normalized spacial score (nSPS) is 42.6. The van der Waals surface area contributed by atoms with Crippen LogP contribution in [0.4, 0.5) is 0 Å². The summed E-state index contributed by atoms with van der Waals surface area (Å²) >= 11 is 3.81. The van der Waals surface area contributed by atoms with Gasteiger partial charge in [0.25, 0.3) is 0 Å². The minimum Gasteiger partial charge on any atom is -0.394 e. The molecule has 0 aromatic heterocycles. The lowest BCUT2D eigenvalue weighted by Crippen LogP contribution is -2.73. The maximum Gasteiger partial charge on any atom is 0.246 e. The van der Waals surface area contributed by atoms with Crippen molar-refractivity contribution >= 4 is 18.4 Å². The second kappa shape index (κ2) is 5.80. The average Bonchev–Trinajstić information content (AvgIpc) is 2.38. The standard InChI is InChI=1S/C9H18N2O6S/c10-3(2-18)8(15)9(16)7(11)6(14)5(13)4(1-12)17-9/h3-7,12-14,16,18H,1-2,10-11H2/t3-,4+,5+,6-,7+,9?/m0/s1. The molecule has 8 N–H and O–H groups in total. The topological polar surface area (TPSA) is 159 Å². The third-order valence-electron chi connectivity index (χ3n) is 2.95. The largest absolute Gasteiger partial charge is 0.394 e. The Kier molecular flexibility index (Phi) is 5.09. The molecule has 106 valence electrons. The molecule has 0 amide bonds. The van der Waals surface area contributed by atoms with Crippen LogP contribution >= 0.6 is 12.6 Å². The molecule has 1 rings (SSSR count). The van der Waals surface area contributed by atoms with Crippen LogP contribution < -0.4 is 11.5 Å². The molecule has 9 heteroatoms. The molecule has 0 saturated carbocycles. The van der Waals surface area contributed by atoms with E-state index in [0.717, 1.165) is 0 Å². The van der Waals surface area contributed by atoms with Gasteiger partial charge in [-0.1, -0.05) is 0 Å². The highest BCUT2D eigenvalue weighted by molar-refractivity contribution is 7.80. The van der Waals surface area contributed by atoms with Gasteiger partial charge >= 0.3 is 0 Å². The SMILES string of the molecule is N[C@@H]1[C@@H](O)[C@H](O)[C@@H](CO)OC1(O)C(=O)[C@@H](N)CS. The van der Waals surface area contributed by atoms with E-state index in [9.17, 15) is 20.1 Å². The van der Waals surface area contributed by atoms with E-state index in [2.05, 4.69) is 12.6 Å². The number of ether oxygens (including phenoxy) is 1. The van der Waals surface area contributed by atoms with Gasteiger partial charge in [-0.2, -0.15) is 12.6 Å². The number of hydrogen-bond donors (Lipinski definition) is 7.